The Hall–Kier alpha value is -1.84. The quantitative estimate of drug-likeness (QED) is 0.862. The number of rotatable bonds is 6. The summed E-state index contributed by atoms with van der Waals surface area (Å²) < 4.78 is 2.02. The average molecular weight is 327 g/mol. The Morgan fingerprint density at radius 2 is 2.04 bits per heavy atom. The molecule has 24 heavy (non-hydrogen) atoms. The van der Waals surface area contributed by atoms with E-state index >= 15 is 0 Å². The number of carbonyl (C=O) groups excluding carboxylic acids is 1. The standard InChI is InChI=1S/C20H29N3O/c1-3-4-5-16-7-9-17(10-8-16)20(24)21-12-18-14-23-13-15(2)6-11-19(23)22-18/h6,11,13-14,16-17H,3-5,7-10,12H2,1-2H3,(H,21,24). The summed E-state index contributed by atoms with van der Waals surface area (Å²) in [5.41, 5.74) is 3.06. The van der Waals surface area contributed by atoms with E-state index in [2.05, 4.69) is 36.4 Å². The summed E-state index contributed by atoms with van der Waals surface area (Å²) in [5, 5.41) is 3.09. The Labute approximate surface area is 144 Å². The first-order valence-electron chi connectivity index (χ1n) is 9.37. The summed E-state index contributed by atoms with van der Waals surface area (Å²) in [6, 6.07) is 4.07. The Bertz CT molecular complexity index is 683. The number of pyridine rings is 1. The lowest BCUT2D eigenvalue weighted by atomic mass is 9.79. The molecule has 0 atom stereocenters. The van der Waals surface area contributed by atoms with Gasteiger partial charge in [0.2, 0.25) is 5.91 Å². The number of hydrogen-bond donors (Lipinski definition) is 1. The van der Waals surface area contributed by atoms with Gasteiger partial charge in [-0.15, -0.1) is 0 Å². The van der Waals surface area contributed by atoms with E-state index in [1.165, 1.54) is 37.7 Å². The Kier molecular flexibility index (Phi) is 5.54. The van der Waals surface area contributed by atoms with Crippen molar-refractivity contribution in [3.8, 4) is 0 Å². The predicted octanol–water partition coefficient (Wildman–Crippen LogP) is 4.26. The van der Waals surface area contributed by atoms with Crippen molar-refractivity contribution < 1.29 is 4.79 Å². The van der Waals surface area contributed by atoms with E-state index < -0.39 is 0 Å². The van der Waals surface area contributed by atoms with Crippen molar-refractivity contribution >= 4 is 11.6 Å². The molecule has 1 aliphatic carbocycles. The van der Waals surface area contributed by atoms with Crippen LogP contribution in [0.3, 0.4) is 0 Å². The monoisotopic (exact) mass is 327 g/mol. The zero-order valence-corrected chi connectivity index (χ0v) is 14.9. The minimum atomic E-state index is 0.196. The number of unbranched alkanes of at least 4 members (excludes halogenated alkanes) is 1. The molecule has 0 spiro atoms. The molecule has 1 aliphatic rings. The molecule has 1 fully saturated rings. The molecule has 1 amide bonds. The van der Waals surface area contributed by atoms with Gasteiger partial charge in [0, 0.05) is 18.3 Å². The molecular formula is C20H29N3O. The second-order valence-corrected chi connectivity index (χ2v) is 7.28. The van der Waals surface area contributed by atoms with Crippen molar-refractivity contribution in [2.24, 2.45) is 11.8 Å². The third-order valence-corrected chi connectivity index (χ3v) is 5.28. The van der Waals surface area contributed by atoms with Gasteiger partial charge in [0.1, 0.15) is 5.65 Å². The molecule has 4 nitrogen and oxygen atoms in total. The fraction of sp³-hybridized carbons (Fsp3) is 0.600. The van der Waals surface area contributed by atoms with E-state index in [9.17, 15) is 4.79 Å². The summed E-state index contributed by atoms with van der Waals surface area (Å²) >= 11 is 0. The molecule has 1 saturated carbocycles. The van der Waals surface area contributed by atoms with Crippen molar-refractivity contribution in [3.05, 3.63) is 35.8 Å². The van der Waals surface area contributed by atoms with Crippen LogP contribution in [0.1, 0.15) is 63.1 Å². The molecular weight excluding hydrogens is 298 g/mol. The van der Waals surface area contributed by atoms with Gasteiger partial charge in [-0.05, 0) is 50.2 Å². The van der Waals surface area contributed by atoms with Crippen molar-refractivity contribution in [2.75, 3.05) is 0 Å². The van der Waals surface area contributed by atoms with Gasteiger partial charge >= 0.3 is 0 Å². The number of carbonyl (C=O) groups is 1. The van der Waals surface area contributed by atoms with Crippen molar-refractivity contribution in [1.82, 2.24) is 14.7 Å². The van der Waals surface area contributed by atoms with Crippen LogP contribution in [0.15, 0.2) is 24.5 Å². The topological polar surface area (TPSA) is 46.4 Å². The van der Waals surface area contributed by atoms with Gasteiger partial charge in [0.15, 0.2) is 0 Å². The highest BCUT2D eigenvalue weighted by Crippen LogP contribution is 2.32. The smallest absolute Gasteiger partial charge is 0.223 e. The minimum absolute atomic E-state index is 0.196. The predicted molar refractivity (Wildman–Crippen MR) is 96.7 cm³/mol. The third-order valence-electron chi connectivity index (χ3n) is 5.28. The van der Waals surface area contributed by atoms with Crippen molar-refractivity contribution in [1.29, 1.82) is 0 Å². The highest BCUT2D eigenvalue weighted by Gasteiger charge is 2.25. The van der Waals surface area contributed by atoms with Gasteiger partial charge in [0.05, 0.1) is 12.2 Å². The van der Waals surface area contributed by atoms with Gasteiger partial charge in [-0.1, -0.05) is 32.3 Å². The van der Waals surface area contributed by atoms with E-state index in [4.69, 9.17) is 0 Å². The molecule has 130 valence electrons. The van der Waals surface area contributed by atoms with E-state index in [0.717, 1.165) is 30.1 Å². The lowest BCUT2D eigenvalue weighted by Crippen LogP contribution is -2.32. The van der Waals surface area contributed by atoms with Crippen molar-refractivity contribution in [3.63, 3.8) is 0 Å². The van der Waals surface area contributed by atoms with Gasteiger partial charge in [-0.2, -0.15) is 0 Å². The van der Waals surface area contributed by atoms with Crippen LogP contribution < -0.4 is 5.32 Å². The van der Waals surface area contributed by atoms with Crippen molar-refractivity contribution in [2.45, 2.75) is 65.3 Å². The van der Waals surface area contributed by atoms with E-state index in [1.807, 2.05) is 16.7 Å². The highest BCUT2D eigenvalue weighted by atomic mass is 16.1. The van der Waals surface area contributed by atoms with E-state index in [1.54, 1.807) is 0 Å². The van der Waals surface area contributed by atoms with Crippen LogP contribution in [0.4, 0.5) is 0 Å². The first-order chi connectivity index (χ1) is 11.7. The van der Waals surface area contributed by atoms with Gasteiger partial charge in [0.25, 0.3) is 0 Å². The largest absolute Gasteiger partial charge is 0.350 e. The number of hydrogen-bond acceptors (Lipinski definition) is 2. The SMILES string of the molecule is CCCCC1CCC(C(=O)NCc2cn3cc(C)ccc3n2)CC1. The number of nitrogens with one attached hydrogen (secondary N) is 1. The fourth-order valence-electron chi connectivity index (χ4n) is 3.77. The van der Waals surface area contributed by atoms with Crippen LogP contribution in [0, 0.1) is 18.8 Å². The summed E-state index contributed by atoms with van der Waals surface area (Å²) in [4.78, 5) is 17.0. The summed E-state index contributed by atoms with van der Waals surface area (Å²) in [6.45, 7) is 4.84. The first kappa shape index (κ1) is 17.0. The molecule has 4 heteroatoms. The fourth-order valence-corrected chi connectivity index (χ4v) is 3.77. The summed E-state index contributed by atoms with van der Waals surface area (Å²) in [6.07, 6.45) is 12.5. The molecule has 0 unspecified atom stereocenters. The maximum absolute atomic E-state index is 12.4. The number of aryl methyl sites for hydroxylation is 1. The average Bonchev–Trinajstić information content (AvgIpc) is 3.00. The van der Waals surface area contributed by atoms with Crippen LogP contribution in [0.2, 0.25) is 0 Å². The second-order valence-electron chi connectivity index (χ2n) is 7.28. The molecule has 0 aromatic carbocycles. The van der Waals surface area contributed by atoms with Gasteiger partial charge in [-0.25, -0.2) is 4.98 Å². The second kappa shape index (κ2) is 7.82. The summed E-state index contributed by atoms with van der Waals surface area (Å²) in [7, 11) is 0. The molecule has 1 N–H and O–H groups in total. The summed E-state index contributed by atoms with van der Waals surface area (Å²) in [5.74, 6) is 1.25. The highest BCUT2D eigenvalue weighted by molar-refractivity contribution is 5.78. The Morgan fingerprint density at radius 3 is 2.79 bits per heavy atom. The maximum Gasteiger partial charge on any atom is 0.223 e. The molecule has 3 rings (SSSR count). The van der Waals surface area contributed by atoms with Crippen LogP contribution in [-0.2, 0) is 11.3 Å². The van der Waals surface area contributed by atoms with E-state index in [-0.39, 0.29) is 11.8 Å². The lowest BCUT2D eigenvalue weighted by Gasteiger charge is -2.27. The molecule has 2 aromatic heterocycles. The first-order valence-corrected chi connectivity index (χ1v) is 9.37. The zero-order chi connectivity index (χ0) is 16.9. The van der Waals surface area contributed by atoms with Crippen LogP contribution >= 0.6 is 0 Å². The molecule has 2 aromatic rings. The number of aromatic nitrogens is 2. The molecule has 0 radical (unpaired) electrons. The Balaban J connectivity index is 1.48. The minimum Gasteiger partial charge on any atom is -0.350 e. The Morgan fingerprint density at radius 1 is 1.25 bits per heavy atom. The molecule has 2 heterocycles. The van der Waals surface area contributed by atoms with Gasteiger partial charge < -0.3 is 9.72 Å². The molecule has 0 bridgehead atoms. The number of imidazole rings is 1. The molecule has 0 saturated heterocycles. The van der Waals surface area contributed by atoms with Gasteiger partial charge in [-0.3, -0.25) is 4.79 Å². The third kappa shape index (κ3) is 4.16. The number of amides is 1. The normalized spacial score (nSPS) is 21.1. The maximum atomic E-state index is 12.4. The number of nitrogens with zero attached hydrogens (tertiary/aromatic N) is 2. The van der Waals surface area contributed by atoms with Crippen LogP contribution in [0.5, 0.6) is 0 Å². The van der Waals surface area contributed by atoms with Crippen LogP contribution in [-0.4, -0.2) is 15.3 Å². The molecule has 0 aliphatic heterocycles. The van der Waals surface area contributed by atoms with Crippen LogP contribution in [0.25, 0.3) is 5.65 Å². The number of fused-ring (bicyclic) bond motifs is 1. The zero-order valence-electron chi connectivity index (χ0n) is 14.9. The lowest BCUT2D eigenvalue weighted by molar-refractivity contribution is -0.126. The van der Waals surface area contributed by atoms with E-state index in [0.29, 0.717) is 6.54 Å².